The molecule has 0 heterocycles. The highest BCUT2D eigenvalue weighted by Crippen LogP contribution is 2.38. The van der Waals surface area contributed by atoms with E-state index < -0.39 is 40.5 Å². The van der Waals surface area contributed by atoms with Crippen LogP contribution in [0.5, 0.6) is 11.5 Å². The number of Topliss-reactive ketones (excluding diaryl/α,β-unsaturated/α-hetero) is 1. The minimum absolute atomic E-state index is 0.240. The smallest absolute Gasteiger partial charge is 0.420 e. The van der Waals surface area contributed by atoms with E-state index in [-0.39, 0.29) is 5.56 Å². The highest BCUT2D eigenvalue weighted by atomic mass is 19.4. The summed E-state index contributed by atoms with van der Waals surface area (Å²) in [5, 5.41) is 10.6. The summed E-state index contributed by atoms with van der Waals surface area (Å²) in [7, 11) is 0. The van der Waals surface area contributed by atoms with Crippen LogP contribution in [0.2, 0.25) is 0 Å². The molecule has 0 spiro atoms. The van der Waals surface area contributed by atoms with Crippen LogP contribution in [0.4, 0.5) is 18.9 Å². The summed E-state index contributed by atoms with van der Waals surface area (Å²) in [5.41, 5.74) is -1.79. The number of rotatable bonds is 7. The van der Waals surface area contributed by atoms with Gasteiger partial charge >= 0.3 is 6.18 Å². The average Bonchev–Trinajstić information content (AvgIpc) is 2.59. The Morgan fingerprint density at radius 3 is 2.31 bits per heavy atom. The minimum Gasteiger partial charge on any atom is -0.494 e. The Labute approximate surface area is 146 Å². The Morgan fingerprint density at radius 2 is 1.77 bits per heavy atom. The quantitative estimate of drug-likeness (QED) is 0.414. The van der Waals surface area contributed by atoms with Crippen LogP contribution < -0.4 is 9.47 Å². The summed E-state index contributed by atoms with van der Waals surface area (Å²) in [6, 6.07) is 8.14. The summed E-state index contributed by atoms with van der Waals surface area (Å²) in [4.78, 5) is 21.8. The summed E-state index contributed by atoms with van der Waals surface area (Å²) < 4.78 is 49.4. The lowest BCUT2D eigenvalue weighted by molar-refractivity contribution is -0.385. The molecule has 2 aromatic rings. The predicted molar refractivity (Wildman–Crippen MR) is 85.5 cm³/mol. The largest absolute Gasteiger partial charge is 0.494 e. The van der Waals surface area contributed by atoms with Crippen molar-refractivity contribution in [2.45, 2.75) is 13.1 Å². The molecule has 0 aliphatic rings. The molecule has 9 heteroatoms. The first-order valence-corrected chi connectivity index (χ1v) is 7.47. The molecule has 0 bridgehead atoms. The third-order valence-electron chi connectivity index (χ3n) is 3.33. The van der Waals surface area contributed by atoms with Crippen LogP contribution in [0.25, 0.3) is 0 Å². The highest BCUT2D eigenvalue weighted by molar-refractivity contribution is 5.97. The lowest BCUT2D eigenvalue weighted by atomic mass is 10.1. The van der Waals surface area contributed by atoms with E-state index in [4.69, 9.17) is 9.47 Å². The van der Waals surface area contributed by atoms with Crippen LogP contribution in [0.3, 0.4) is 0 Å². The number of carbonyl (C=O) groups is 1. The number of alkyl halides is 3. The second-order valence-electron chi connectivity index (χ2n) is 5.10. The third-order valence-corrected chi connectivity index (χ3v) is 3.33. The van der Waals surface area contributed by atoms with Crippen molar-refractivity contribution >= 4 is 11.5 Å². The zero-order valence-electron chi connectivity index (χ0n) is 13.6. The van der Waals surface area contributed by atoms with Crippen molar-refractivity contribution in [2.24, 2.45) is 0 Å². The first-order chi connectivity index (χ1) is 12.2. The summed E-state index contributed by atoms with van der Waals surface area (Å²) in [6.07, 6.45) is -4.86. The van der Waals surface area contributed by atoms with Crippen LogP contribution in [0, 0.1) is 10.1 Å². The number of nitro groups is 1. The Bertz CT molecular complexity index is 803. The van der Waals surface area contributed by atoms with Gasteiger partial charge in [0.15, 0.2) is 12.4 Å². The maximum atomic E-state index is 13.1. The molecule has 0 saturated heterocycles. The zero-order valence-corrected chi connectivity index (χ0v) is 13.6. The molecule has 0 aliphatic heterocycles. The fraction of sp³-hybridized carbons (Fsp3) is 0.235. The van der Waals surface area contributed by atoms with Crippen LogP contribution in [0.15, 0.2) is 42.5 Å². The molecule has 2 rings (SSSR count). The molecule has 6 nitrogen and oxygen atoms in total. The first kappa shape index (κ1) is 19.2. The lowest BCUT2D eigenvalue weighted by Gasteiger charge is -2.13. The van der Waals surface area contributed by atoms with E-state index in [0.29, 0.717) is 18.4 Å². The van der Waals surface area contributed by atoms with Crippen molar-refractivity contribution in [3.8, 4) is 11.5 Å². The Kier molecular flexibility index (Phi) is 5.81. The molecule has 0 aliphatic carbocycles. The van der Waals surface area contributed by atoms with Crippen LogP contribution in [-0.2, 0) is 6.18 Å². The fourth-order valence-electron chi connectivity index (χ4n) is 2.11. The van der Waals surface area contributed by atoms with E-state index in [1.54, 1.807) is 19.1 Å². The number of nitrogens with zero attached hydrogens (tertiary/aromatic N) is 1. The summed E-state index contributed by atoms with van der Waals surface area (Å²) >= 11 is 0. The van der Waals surface area contributed by atoms with E-state index in [1.165, 1.54) is 12.1 Å². The standard InChI is InChI=1S/C17H14F3NO5/c1-2-25-13-6-3-11(4-7-13)15(22)10-26-16-8-5-12(21(23)24)9-14(16)17(18,19)20/h3-9H,2,10H2,1H3. The number of ketones is 1. The highest BCUT2D eigenvalue weighted by Gasteiger charge is 2.36. The van der Waals surface area contributed by atoms with Crippen molar-refractivity contribution in [1.29, 1.82) is 0 Å². The number of hydrogen-bond donors (Lipinski definition) is 0. The third kappa shape index (κ3) is 4.71. The molecule has 138 valence electrons. The Balaban J connectivity index is 2.15. The number of benzene rings is 2. The van der Waals surface area contributed by atoms with Gasteiger partial charge in [-0.25, -0.2) is 0 Å². The monoisotopic (exact) mass is 369 g/mol. The van der Waals surface area contributed by atoms with Crippen LogP contribution >= 0.6 is 0 Å². The van der Waals surface area contributed by atoms with E-state index in [9.17, 15) is 28.1 Å². The number of nitro benzene ring substituents is 1. The van der Waals surface area contributed by atoms with Gasteiger partial charge in [-0.15, -0.1) is 0 Å². The molecule has 2 aromatic carbocycles. The molecular weight excluding hydrogens is 355 g/mol. The predicted octanol–water partition coefficient (Wildman–Crippen LogP) is 4.27. The molecule has 0 atom stereocenters. The summed E-state index contributed by atoms with van der Waals surface area (Å²) in [5.74, 6) is -0.637. The number of carbonyl (C=O) groups excluding carboxylic acids is 1. The average molecular weight is 369 g/mol. The molecule has 26 heavy (non-hydrogen) atoms. The maximum Gasteiger partial charge on any atom is 0.420 e. The molecular formula is C17H14F3NO5. The second kappa shape index (κ2) is 7.85. The number of halogens is 3. The van der Waals surface area contributed by atoms with Gasteiger partial charge in [-0.05, 0) is 37.3 Å². The minimum atomic E-state index is -4.86. The van der Waals surface area contributed by atoms with E-state index in [1.807, 2.05) is 0 Å². The van der Waals surface area contributed by atoms with Gasteiger partial charge in [0.2, 0.25) is 0 Å². The van der Waals surface area contributed by atoms with E-state index in [2.05, 4.69) is 0 Å². The van der Waals surface area contributed by atoms with Gasteiger partial charge in [0.25, 0.3) is 5.69 Å². The zero-order chi connectivity index (χ0) is 19.3. The fourth-order valence-corrected chi connectivity index (χ4v) is 2.11. The van der Waals surface area contributed by atoms with E-state index >= 15 is 0 Å². The number of ether oxygens (including phenoxy) is 2. The SMILES string of the molecule is CCOc1ccc(C(=O)COc2ccc([N+](=O)[O-])cc2C(F)(F)F)cc1. The number of non-ortho nitro benzene ring substituents is 1. The molecule has 0 aromatic heterocycles. The Morgan fingerprint density at radius 1 is 1.12 bits per heavy atom. The molecule has 0 unspecified atom stereocenters. The van der Waals surface area contributed by atoms with Crippen molar-refractivity contribution in [3.63, 3.8) is 0 Å². The van der Waals surface area contributed by atoms with Gasteiger partial charge < -0.3 is 9.47 Å². The molecule has 0 saturated carbocycles. The normalized spacial score (nSPS) is 11.1. The molecule has 0 fully saturated rings. The lowest BCUT2D eigenvalue weighted by Crippen LogP contribution is -2.15. The van der Waals surface area contributed by atoms with Crippen molar-refractivity contribution in [2.75, 3.05) is 13.2 Å². The molecule has 0 amide bonds. The van der Waals surface area contributed by atoms with Gasteiger partial charge in [-0.2, -0.15) is 13.2 Å². The summed E-state index contributed by atoms with van der Waals surface area (Å²) in [6.45, 7) is 1.61. The first-order valence-electron chi connectivity index (χ1n) is 7.47. The van der Waals surface area contributed by atoms with Crippen LogP contribution in [-0.4, -0.2) is 23.9 Å². The molecule has 0 radical (unpaired) electrons. The van der Waals surface area contributed by atoms with Crippen molar-refractivity contribution in [3.05, 3.63) is 63.7 Å². The van der Waals surface area contributed by atoms with Gasteiger partial charge in [0.1, 0.15) is 17.1 Å². The topological polar surface area (TPSA) is 78.7 Å². The Hall–Kier alpha value is -3.10. The second-order valence-corrected chi connectivity index (χ2v) is 5.10. The van der Waals surface area contributed by atoms with Crippen molar-refractivity contribution < 1.29 is 32.4 Å². The van der Waals surface area contributed by atoms with Crippen molar-refractivity contribution in [1.82, 2.24) is 0 Å². The maximum absolute atomic E-state index is 13.1. The van der Waals surface area contributed by atoms with Gasteiger partial charge in [0, 0.05) is 17.7 Å². The van der Waals surface area contributed by atoms with E-state index in [0.717, 1.165) is 12.1 Å². The van der Waals surface area contributed by atoms with Crippen LogP contribution in [0.1, 0.15) is 22.8 Å². The number of hydrogen-bond acceptors (Lipinski definition) is 5. The molecule has 0 N–H and O–H groups in total. The van der Waals surface area contributed by atoms with Gasteiger partial charge in [0.05, 0.1) is 11.5 Å². The van der Waals surface area contributed by atoms with Gasteiger partial charge in [-0.3, -0.25) is 14.9 Å². The van der Waals surface area contributed by atoms with Gasteiger partial charge in [-0.1, -0.05) is 0 Å².